The van der Waals surface area contributed by atoms with Gasteiger partial charge in [0.25, 0.3) is 0 Å². The Kier molecular flexibility index (Phi) is 3.68. The highest BCUT2D eigenvalue weighted by Crippen LogP contribution is 2.30. The maximum Gasteiger partial charge on any atom is 0.0930 e. The third-order valence-electron chi connectivity index (χ3n) is 1.74. The van der Waals surface area contributed by atoms with Crippen LogP contribution in [0.5, 0.6) is 0 Å². The molecule has 0 aromatic heterocycles. The largest absolute Gasteiger partial charge is 0.197 e. The second-order valence-corrected chi connectivity index (χ2v) is 5.19. The van der Waals surface area contributed by atoms with Crippen molar-refractivity contribution in [1.29, 1.82) is 5.26 Å². The summed E-state index contributed by atoms with van der Waals surface area (Å²) < 4.78 is 0.714. The third kappa shape index (κ3) is 2.83. The van der Waals surface area contributed by atoms with Crippen molar-refractivity contribution in [1.82, 2.24) is 0 Å². The van der Waals surface area contributed by atoms with E-state index in [1.807, 2.05) is 44.2 Å². The molecule has 0 radical (unpaired) electrons. The molecule has 72 valence electrons. The number of benzene rings is 1. The Morgan fingerprint density at radius 1 is 1.36 bits per heavy atom. The van der Waals surface area contributed by atoms with Crippen molar-refractivity contribution >= 4 is 28.2 Å². The van der Waals surface area contributed by atoms with Gasteiger partial charge in [-0.2, -0.15) is 5.26 Å². The van der Waals surface area contributed by atoms with Gasteiger partial charge in [-0.3, -0.25) is 0 Å². The molecule has 1 rings (SSSR count). The summed E-state index contributed by atoms with van der Waals surface area (Å²) in [5.41, 5.74) is -0.546. The molecular weight excluding hydrogens is 210 g/mol. The van der Waals surface area contributed by atoms with Gasteiger partial charge < -0.3 is 0 Å². The lowest BCUT2D eigenvalue weighted by Gasteiger charge is -2.15. The highest BCUT2D eigenvalue weighted by atomic mass is 32.2. The van der Waals surface area contributed by atoms with E-state index in [1.165, 1.54) is 11.8 Å². The van der Waals surface area contributed by atoms with Crippen LogP contribution in [-0.2, 0) is 0 Å². The predicted molar refractivity (Wildman–Crippen MR) is 64.3 cm³/mol. The van der Waals surface area contributed by atoms with Gasteiger partial charge in [0.15, 0.2) is 0 Å². The van der Waals surface area contributed by atoms with Gasteiger partial charge in [-0.25, -0.2) is 0 Å². The summed E-state index contributed by atoms with van der Waals surface area (Å²) in [6.07, 6.45) is 0. The fourth-order valence-corrected chi connectivity index (χ4v) is 1.91. The fourth-order valence-electron chi connectivity index (χ4n) is 0.769. The van der Waals surface area contributed by atoms with Crippen LogP contribution in [0, 0.1) is 16.7 Å². The van der Waals surface area contributed by atoms with Gasteiger partial charge in [0.2, 0.25) is 0 Å². The van der Waals surface area contributed by atoms with Crippen LogP contribution in [0.4, 0.5) is 0 Å². The standard InChI is InChI=1S/C11H11NS2/c1-11(2,8-12)10(13)14-9-6-4-3-5-7-9/h3-7H,1-2H3. The molecule has 0 aliphatic heterocycles. The molecule has 1 aromatic rings. The number of rotatable bonds is 2. The lowest BCUT2D eigenvalue weighted by Crippen LogP contribution is -2.16. The molecule has 0 saturated heterocycles. The van der Waals surface area contributed by atoms with E-state index >= 15 is 0 Å². The molecule has 0 heterocycles. The molecule has 1 nitrogen and oxygen atoms in total. The van der Waals surface area contributed by atoms with Crippen LogP contribution in [0.1, 0.15) is 13.8 Å². The minimum absolute atomic E-state index is 0.546. The summed E-state index contributed by atoms with van der Waals surface area (Å²) in [6.45, 7) is 3.68. The molecular formula is C11H11NS2. The van der Waals surface area contributed by atoms with E-state index < -0.39 is 5.41 Å². The van der Waals surface area contributed by atoms with Crippen molar-refractivity contribution < 1.29 is 0 Å². The topological polar surface area (TPSA) is 23.8 Å². The van der Waals surface area contributed by atoms with E-state index in [9.17, 15) is 0 Å². The van der Waals surface area contributed by atoms with Gasteiger partial charge in [0.1, 0.15) is 0 Å². The molecule has 0 spiro atoms. The summed E-state index contributed by atoms with van der Waals surface area (Å²) in [4.78, 5) is 1.08. The number of nitrogens with zero attached hydrogens (tertiary/aromatic N) is 1. The van der Waals surface area contributed by atoms with Crippen LogP contribution in [0.15, 0.2) is 35.2 Å². The Labute approximate surface area is 94.1 Å². The Balaban J connectivity index is 2.73. The van der Waals surface area contributed by atoms with Gasteiger partial charge in [-0.05, 0) is 26.0 Å². The molecule has 0 fully saturated rings. The van der Waals surface area contributed by atoms with Crippen molar-refractivity contribution in [2.24, 2.45) is 5.41 Å². The maximum atomic E-state index is 8.89. The van der Waals surface area contributed by atoms with E-state index in [2.05, 4.69) is 6.07 Å². The van der Waals surface area contributed by atoms with Crippen LogP contribution in [0.25, 0.3) is 0 Å². The van der Waals surface area contributed by atoms with Gasteiger partial charge in [0.05, 0.1) is 15.7 Å². The van der Waals surface area contributed by atoms with Gasteiger partial charge in [-0.1, -0.05) is 42.2 Å². The van der Waals surface area contributed by atoms with Crippen molar-refractivity contribution in [3.05, 3.63) is 30.3 Å². The smallest absolute Gasteiger partial charge is 0.0930 e. The third-order valence-corrected chi connectivity index (χ3v) is 3.71. The molecule has 0 bridgehead atoms. The number of thioether (sulfide) groups is 1. The second-order valence-electron chi connectivity index (χ2n) is 3.44. The summed E-state index contributed by atoms with van der Waals surface area (Å²) in [6, 6.07) is 12.1. The Morgan fingerprint density at radius 2 is 1.93 bits per heavy atom. The molecule has 0 aliphatic carbocycles. The summed E-state index contributed by atoms with van der Waals surface area (Å²) in [5.74, 6) is 0. The first-order valence-electron chi connectivity index (χ1n) is 4.25. The Hall–Kier alpha value is -0.850. The summed E-state index contributed by atoms with van der Waals surface area (Å²) >= 11 is 6.70. The highest BCUT2D eigenvalue weighted by Gasteiger charge is 2.23. The molecule has 0 saturated carbocycles. The quantitative estimate of drug-likeness (QED) is 0.562. The average molecular weight is 221 g/mol. The van der Waals surface area contributed by atoms with E-state index in [0.717, 1.165) is 4.90 Å². The fraction of sp³-hybridized carbons (Fsp3) is 0.273. The van der Waals surface area contributed by atoms with Crippen molar-refractivity contribution in [2.75, 3.05) is 0 Å². The molecule has 0 unspecified atom stereocenters. The number of thiocarbonyl (C=S) groups is 1. The highest BCUT2D eigenvalue weighted by molar-refractivity contribution is 8.23. The molecule has 0 amide bonds. The molecule has 0 N–H and O–H groups in total. The van der Waals surface area contributed by atoms with Gasteiger partial charge in [0, 0.05) is 4.90 Å². The van der Waals surface area contributed by atoms with Gasteiger partial charge in [-0.15, -0.1) is 0 Å². The van der Waals surface area contributed by atoms with Crippen LogP contribution in [0.3, 0.4) is 0 Å². The van der Waals surface area contributed by atoms with Crippen LogP contribution < -0.4 is 0 Å². The van der Waals surface area contributed by atoms with Crippen LogP contribution in [0.2, 0.25) is 0 Å². The van der Waals surface area contributed by atoms with Crippen molar-refractivity contribution in [2.45, 2.75) is 18.7 Å². The van der Waals surface area contributed by atoms with E-state index in [0.29, 0.717) is 4.20 Å². The van der Waals surface area contributed by atoms with E-state index in [4.69, 9.17) is 17.5 Å². The molecule has 0 atom stereocenters. The zero-order chi connectivity index (χ0) is 10.6. The summed E-state index contributed by atoms with van der Waals surface area (Å²) in [5, 5.41) is 8.89. The number of hydrogen-bond donors (Lipinski definition) is 0. The Bertz CT molecular complexity index is 363. The molecule has 0 aliphatic rings. The summed E-state index contributed by atoms with van der Waals surface area (Å²) in [7, 11) is 0. The first kappa shape index (κ1) is 11.2. The van der Waals surface area contributed by atoms with Crippen LogP contribution in [-0.4, -0.2) is 4.20 Å². The van der Waals surface area contributed by atoms with Crippen molar-refractivity contribution in [3.8, 4) is 6.07 Å². The lowest BCUT2D eigenvalue weighted by atomic mass is 9.99. The van der Waals surface area contributed by atoms with E-state index in [1.54, 1.807) is 0 Å². The molecule has 14 heavy (non-hydrogen) atoms. The zero-order valence-corrected chi connectivity index (χ0v) is 9.78. The predicted octanol–water partition coefficient (Wildman–Crippen LogP) is 3.66. The first-order valence-corrected chi connectivity index (χ1v) is 5.47. The normalized spacial score (nSPS) is 10.6. The van der Waals surface area contributed by atoms with Crippen LogP contribution >= 0.6 is 24.0 Å². The van der Waals surface area contributed by atoms with Gasteiger partial charge >= 0.3 is 0 Å². The monoisotopic (exact) mass is 221 g/mol. The molecule has 1 aromatic carbocycles. The Morgan fingerprint density at radius 3 is 2.43 bits per heavy atom. The minimum atomic E-state index is -0.546. The zero-order valence-electron chi connectivity index (χ0n) is 8.15. The number of hydrogen-bond acceptors (Lipinski definition) is 3. The maximum absolute atomic E-state index is 8.89. The second kappa shape index (κ2) is 4.59. The minimum Gasteiger partial charge on any atom is -0.197 e. The van der Waals surface area contributed by atoms with Crippen molar-refractivity contribution in [3.63, 3.8) is 0 Å². The number of nitriles is 1. The first-order chi connectivity index (χ1) is 6.56. The lowest BCUT2D eigenvalue weighted by molar-refractivity contribution is 0.717. The van der Waals surface area contributed by atoms with E-state index in [-0.39, 0.29) is 0 Å². The average Bonchev–Trinajstić information content (AvgIpc) is 2.19. The molecule has 3 heteroatoms. The SMILES string of the molecule is CC(C)(C#N)C(=S)Sc1ccccc1.